The van der Waals surface area contributed by atoms with Gasteiger partial charge in [-0.2, -0.15) is 0 Å². The van der Waals surface area contributed by atoms with E-state index in [1.165, 1.54) is 29.1 Å². The van der Waals surface area contributed by atoms with Crippen LogP contribution in [0.4, 0.5) is 19.0 Å². The van der Waals surface area contributed by atoms with Gasteiger partial charge in [-0.25, -0.2) is 18.2 Å². The fraction of sp³-hybridized carbons (Fsp3) is 0.111. The second-order valence-electron chi connectivity index (χ2n) is 5.80. The summed E-state index contributed by atoms with van der Waals surface area (Å²) in [6.07, 6.45) is 1.44. The molecule has 2 heterocycles. The summed E-state index contributed by atoms with van der Waals surface area (Å²) < 4.78 is 42.4. The minimum Gasteiger partial charge on any atom is -0.310 e. The molecule has 0 spiro atoms. The highest BCUT2D eigenvalue weighted by Crippen LogP contribution is 2.38. The molecule has 1 unspecified atom stereocenters. The minimum absolute atomic E-state index is 0.00425. The van der Waals surface area contributed by atoms with E-state index in [4.69, 9.17) is 0 Å². The number of hydrogen-bond donors (Lipinski definition) is 1. The number of rotatable bonds is 2. The van der Waals surface area contributed by atoms with Gasteiger partial charge in [0.05, 0.1) is 11.4 Å². The third-order valence-electron chi connectivity index (χ3n) is 4.20. The normalized spacial score (nSPS) is 16.4. The lowest BCUT2D eigenvalue weighted by Gasteiger charge is -2.23. The maximum absolute atomic E-state index is 14.2. The van der Waals surface area contributed by atoms with E-state index in [-0.39, 0.29) is 17.9 Å². The van der Waals surface area contributed by atoms with Crippen LogP contribution in [0.3, 0.4) is 0 Å². The summed E-state index contributed by atoms with van der Waals surface area (Å²) in [4.78, 5) is 16.4. The highest BCUT2D eigenvalue weighted by Gasteiger charge is 2.32. The molecular formula is C18H12F3N3O. The molecule has 1 N–H and O–H groups in total. The number of hydrogen-bond acceptors (Lipinski definition) is 2. The summed E-state index contributed by atoms with van der Waals surface area (Å²) in [7, 11) is 0. The molecule has 1 aliphatic rings. The Morgan fingerprint density at radius 2 is 1.88 bits per heavy atom. The van der Waals surface area contributed by atoms with Gasteiger partial charge >= 0.3 is 0 Å². The van der Waals surface area contributed by atoms with E-state index in [1.807, 2.05) is 0 Å². The number of carbonyl (C=O) groups is 1. The fourth-order valence-corrected chi connectivity index (χ4v) is 3.07. The molecule has 1 atom stereocenters. The molecule has 0 saturated carbocycles. The maximum Gasteiger partial charge on any atom is 0.226 e. The van der Waals surface area contributed by atoms with Crippen LogP contribution in [0.1, 0.15) is 23.6 Å². The Balaban J connectivity index is 1.84. The Labute approximate surface area is 140 Å². The molecule has 0 aliphatic carbocycles. The van der Waals surface area contributed by atoms with Gasteiger partial charge in [0.2, 0.25) is 5.91 Å². The van der Waals surface area contributed by atoms with Gasteiger partial charge in [0, 0.05) is 18.4 Å². The first-order valence-corrected chi connectivity index (χ1v) is 7.61. The smallest absolute Gasteiger partial charge is 0.226 e. The average Bonchev–Trinajstić information content (AvgIpc) is 2.98. The number of fused-ring (bicyclic) bond motifs is 1. The van der Waals surface area contributed by atoms with Crippen molar-refractivity contribution in [2.24, 2.45) is 0 Å². The number of halogens is 3. The molecule has 126 valence electrons. The second kappa shape index (κ2) is 5.77. The summed E-state index contributed by atoms with van der Waals surface area (Å²) in [6, 6.07) is 9.06. The van der Waals surface area contributed by atoms with Gasteiger partial charge in [-0.1, -0.05) is 12.1 Å². The summed E-state index contributed by atoms with van der Waals surface area (Å²) in [5.41, 5.74) is 1.13. The first-order valence-electron chi connectivity index (χ1n) is 7.61. The molecule has 0 bridgehead atoms. The zero-order valence-electron chi connectivity index (χ0n) is 12.8. The number of benzene rings is 2. The van der Waals surface area contributed by atoms with E-state index in [2.05, 4.69) is 10.3 Å². The molecule has 4 rings (SSSR count). The summed E-state index contributed by atoms with van der Waals surface area (Å²) in [5, 5.41) is 2.70. The summed E-state index contributed by atoms with van der Waals surface area (Å²) in [6.45, 7) is 0. The Hall–Kier alpha value is -3.09. The molecule has 3 aromatic rings. The van der Waals surface area contributed by atoms with Crippen molar-refractivity contribution in [1.29, 1.82) is 0 Å². The highest BCUT2D eigenvalue weighted by molar-refractivity contribution is 5.94. The Kier molecular flexibility index (Phi) is 3.56. The van der Waals surface area contributed by atoms with Crippen molar-refractivity contribution in [3.8, 4) is 5.69 Å². The lowest BCUT2D eigenvalue weighted by Crippen LogP contribution is -2.25. The van der Waals surface area contributed by atoms with Crippen molar-refractivity contribution in [2.75, 3.05) is 5.32 Å². The van der Waals surface area contributed by atoms with Crippen LogP contribution in [-0.2, 0) is 4.79 Å². The van der Waals surface area contributed by atoms with Crippen LogP contribution >= 0.6 is 0 Å². The van der Waals surface area contributed by atoms with Crippen molar-refractivity contribution >= 4 is 11.7 Å². The molecule has 2 aromatic carbocycles. The lowest BCUT2D eigenvalue weighted by atomic mass is 9.89. The topological polar surface area (TPSA) is 46.9 Å². The molecule has 25 heavy (non-hydrogen) atoms. The molecule has 1 aliphatic heterocycles. The molecule has 0 radical (unpaired) electrons. The molecule has 7 heteroatoms. The van der Waals surface area contributed by atoms with Crippen LogP contribution in [0.2, 0.25) is 0 Å². The van der Waals surface area contributed by atoms with E-state index in [0.717, 1.165) is 12.1 Å². The van der Waals surface area contributed by atoms with Crippen molar-refractivity contribution < 1.29 is 18.0 Å². The van der Waals surface area contributed by atoms with E-state index in [9.17, 15) is 18.0 Å². The third-order valence-corrected chi connectivity index (χ3v) is 4.20. The van der Waals surface area contributed by atoms with E-state index >= 15 is 0 Å². The van der Waals surface area contributed by atoms with E-state index in [0.29, 0.717) is 17.2 Å². The van der Waals surface area contributed by atoms with Gasteiger partial charge in [-0.3, -0.25) is 9.36 Å². The zero-order chi connectivity index (χ0) is 17.6. The third kappa shape index (κ3) is 2.67. The largest absolute Gasteiger partial charge is 0.310 e. The fourth-order valence-electron chi connectivity index (χ4n) is 3.07. The standard InChI is InChI=1S/C18H12F3N3O/c19-10-2-1-3-12(6-10)24-9-22-17-14(8-16(25)23-18(17)24)13-5-4-11(20)7-15(13)21/h1-7,9,14H,8H2,(H,23,25). The quantitative estimate of drug-likeness (QED) is 0.770. The molecular weight excluding hydrogens is 331 g/mol. The van der Waals surface area contributed by atoms with Gasteiger partial charge in [0.25, 0.3) is 0 Å². The molecule has 1 amide bonds. The van der Waals surface area contributed by atoms with Crippen LogP contribution in [0.5, 0.6) is 0 Å². The summed E-state index contributed by atoms with van der Waals surface area (Å²) >= 11 is 0. The maximum atomic E-state index is 14.2. The second-order valence-corrected chi connectivity index (χ2v) is 5.80. The number of nitrogens with one attached hydrogen (secondary N) is 1. The first-order chi connectivity index (χ1) is 12.0. The van der Waals surface area contributed by atoms with Crippen LogP contribution in [0.25, 0.3) is 5.69 Å². The van der Waals surface area contributed by atoms with Gasteiger partial charge in [-0.15, -0.1) is 0 Å². The van der Waals surface area contributed by atoms with Crippen molar-refractivity contribution in [2.45, 2.75) is 12.3 Å². The number of nitrogens with zero attached hydrogens (tertiary/aromatic N) is 2. The Bertz CT molecular complexity index is 983. The van der Waals surface area contributed by atoms with E-state index < -0.39 is 23.4 Å². The number of carbonyl (C=O) groups excluding carboxylic acids is 1. The molecule has 4 nitrogen and oxygen atoms in total. The monoisotopic (exact) mass is 343 g/mol. The van der Waals surface area contributed by atoms with Crippen LogP contribution in [-0.4, -0.2) is 15.5 Å². The zero-order valence-corrected chi connectivity index (χ0v) is 12.8. The SMILES string of the molecule is O=C1CC(c2ccc(F)cc2F)c2ncn(-c3cccc(F)c3)c2N1. The van der Waals surface area contributed by atoms with Crippen molar-refractivity contribution in [1.82, 2.24) is 9.55 Å². The molecule has 0 fully saturated rings. The lowest BCUT2D eigenvalue weighted by molar-refractivity contribution is -0.116. The first kappa shape index (κ1) is 15.4. The number of imidazole rings is 1. The molecule has 1 aromatic heterocycles. The predicted molar refractivity (Wildman–Crippen MR) is 85.0 cm³/mol. The average molecular weight is 343 g/mol. The van der Waals surface area contributed by atoms with Crippen LogP contribution in [0, 0.1) is 17.5 Å². The predicted octanol–water partition coefficient (Wildman–Crippen LogP) is 3.76. The number of anilines is 1. The van der Waals surface area contributed by atoms with Gasteiger partial charge in [0.15, 0.2) is 0 Å². The minimum atomic E-state index is -0.731. The van der Waals surface area contributed by atoms with E-state index in [1.54, 1.807) is 12.1 Å². The van der Waals surface area contributed by atoms with Crippen molar-refractivity contribution in [3.05, 3.63) is 77.5 Å². The van der Waals surface area contributed by atoms with Gasteiger partial charge in [-0.05, 0) is 29.8 Å². The Morgan fingerprint density at radius 1 is 1.08 bits per heavy atom. The highest BCUT2D eigenvalue weighted by atomic mass is 19.1. The summed E-state index contributed by atoms with van der Waals surface area (Å²) in [5.74, 6) is -2.45. The van der Waals surface area contributed by atoms with Gasteiger partial charge in [0.1, 0.15) is 29.6 Å². The van der Waals surface area contributed by atoms with Crippen molar-refractivity contribution in [3.63, 3.8) is 0 Å². The van der Waals surface area contributed by atoms with Crippen LogP contribution < -0.4 is 5.32 Å². The van der Waals surface area contributed by atoms with Gasteiger partial charge < -0.3 is 5.32 Å². The number of aromatic nitrogens is 2. The Morgan fingerprint density at radius 3 is 2.64 bits per heavy atom. The van der Waals surface area contributed by atoms with Crippen LogP contribution in [0.15, 0.2) is 48.8 Å². The molecule has 0 saturated heterocycles. The number of amides is 1.